The van der Waals surface area contributed by atoms with E-state index in [1.165, 1.54) is 6.21 Å². The maximum Gasteiger partial charge on any atom is 0.271 e. The molecule has 1 amide bonds. The fourth-order valence-corrected chi connectivity index (χ4v) is 4.54. The highest BCUT2D eigenvalue weighted by Crippen LogP contribution is 2.33. The minimum Gasteiger partial charge on any atom is -0.490 e. The summed E-state index contributed by atoms with van der Waals surface area (Å²) < 4.78 is 18.9. The molecule has 0 aromatic heterocycles. The molecule has 0 heterocycles. The third kappa shape index (κ3) is 7.98. The van der Waals surface area contributed by atoms with Gasteiger partial charge in [-0.1, -0.05) is 46.6 Å². The van der Waals surface area contributed by atoms with Crippen LogP contribution in [0.5, 0.6) is 17.2 Å². The molecule has 0 bridgehead atoms. The molecule has 0 fully saturated rings. The molecule has 0 unspecified atom stereocenters. The van der Waals surface area contributed by atoms with E-state index in [-0.39, 0.29) is 5.91 Å². The summed E-state index contributed by atoms with van der Waals surface area (Å²) in [6.07, 6.45) is 2.41. The monoisotopic (exact) mass is 622 g/mol. The Kier molecular flexibility index (Phi) is 10.4. The molecule has 6 nitrogen and oxygen atoms in total. The van der Waals surface area contributed by atoms with Gasteiger partial charge in [0.05, 0.1) is 23.9 Å². The van der Waals surface area contributed by atoms with Crippen LogP contribution < -0.4 is 19.6 Å². The molecule has 0 aliphatic rings. The van der Waals surface area contributed by atoms with E-state index in [4.69, 9.17) is 25.8 Å². The van der Waals surface area contributed by atoms with E-state index in [2.05, 4.69) is 42.4 Å². The first-order chi connectivity index (χ1) is 16.9. The maximum atomic E-state index is 12.7. The number of amides is 1. The van der Waals surface area contributed by atoms with Gasteiger partial charge in [0.15, 0.2) is 11.5 Å². The van der Waals surface area contributed by atoms with E-state index >= 15 is 0 Å². The summed E-state index contributed by atoms with van der Waals surface area (Å²) in [6.45, 7) is 5.28. The van der Waals surface area contributed by atoms with Gasteiger partial charge in [-0.3, -0.25) is 4.79 Å². The zero-order valence-electron chi connectivity index (χ0n) is 19.3. The molecule has 0 spiro atoms. The topological polar surface area (TPSA) is 69.2 Å². The number of carbonyl (C=O) groups is 1. The Morgan fingerprint density at radius 2 is 1.77 bits per heavy atom. The van der Waals surface area contributed by atoms with Crippen LogP contribution in [0.1, 0.15) is 41.8 Å². The molecular formula is C26H25Br2ClN2O4. The van der Waals surface area contributed by atoms with Crippen LogP contribution in [0.3, 0.4) is 0 Å². The van der Waals surface area contributed by atoms with Gasteiger partial charge in [-0.15, -0.1) is 0 Å². The highest BCUT2D eigenvalue weighted by atomic mass is 79.9. The zero-order chi connectivity index (χ0) is 25.2. The number of ether oxygens (including phenoxy) is 3. The molecular weight excluding hydrogens is 600 g/mol. The zero-order valence-corrected chi connectivity index (χ0v) is 23.2. The molecule has 0 aliphatic carbocycles. The van der Waals surface area contributed by atoms with Crippen LogP contribution in [-0.4, -0.2) is 25.3 Å². The van der Waals surface area contributed by atoms with Crippen LogP contribution in [0.25, 0.3) is 0 Å². The Morgan fingerprint density at radius 1 is 1.00 bits per heavy atom. The molecule has 184 valence electrons. The van der Waals surface area contributed by atoms with Gasteiger partial charge in [-0.2, -0.15) is 5.10 Å². The molecule has 3 aromatic rings. The van der Waals surface area contributed by atoms with E-state index in [0.717, 1.165) is 20.9 Å². The van der Waals surface area contributed by atoms with Crippen LogP contribution >= 0.6 is 43.5 Å². The summed E-state index contributed by atoms with van der Waals surface area (Å²) in [7, 11) is 0. The minimum absolute atomic E-state index is 0.345. The first kappa shape index (κ1) is 27.0. The lowest BCUT2D eigenvalue weighted by atomic mass is 10.2. The van der Waals surface area contributed by atoms with E-state index in [9.17, 15) is 4.79 Å². The number of halogens is 3. The number of hydrogen-bond donors (Lipinski definition) is 1. The Bertz CT molecular complexity index is 1190. The van der Waals surface area contributed by atoms with Crippen molar-refractivity contribution in [1.82, 2.24) is 5.43 Å². The van der Waals surface area contributed by atoms with Crippen molar-refractivity contribution >= 4 is 55.6 Å². The summed E-state index contributed by atoms with van der Waals surface area (Å²) >= 11 is 13.0. The maximum absolute atomic E-state index is 12.7. The molecule has 0 saturated heterocycles. The summed E-state index contributed by atoms with van der Waals surface area (Å²) in [6, 6.07) is 16.2. The highest BCUT2D eigenvalue weighted by Gasteiger charge is 2.13. The third-order valence-corrected chi connectivity index (χ3v) is 5.97. The Labute approximate surface area is 226 Å². The van der Waals surface area contributed by atoms with Crippen molar-refractivity contribution in [2.75, 3.05) is 13.2 Å². The lowest BCUT2D eigenvalue weighted by Crippen LogP contribution is -2.18. The largest absolute Gasteiger partial charge is 0.490 e. The van der Waals surface area contributed by atoms with E-state index in [0.29, 0.717) is 53.2 Å². The van der Waals surface area contributed by atoms with Crippen LogP contribution in [0, 0.1) is 0 Å². The predicted octanol–water partition coefficient (Wildman–Crippen LogP) is 7.40. The van der Waals surface area contributed by atoms with Crippen LogP contribution in [0.4, 0.5) is 0 Å². The SMILES string of the molecule is CCCOc1ccc(C(=O)N/N=C/c2cc(Br)cc(Br)c2OCc2ccc(Cl)cc2)cc1OCC. The minimum atomic E-state index is -0.373. The molecule has 0 saturated carbocycles. The van der Waals surface area contributed by atoms with Crippen molar-refractivity contribution in [3.8, 4) is 17.2 Å². The number of carbonyl (C=O) groups excluding carboxylic acids is 1. The van der Waals surface area contributed by atoms with Gasteiger partial charge >= 0.3 is 0 Å². The van der Waals surface area contributed by atoms with Crippen LogP contribution in [-0.2, 0) is 6.61 Å². The average Bonchev–Trinajstić information content (AvgIpc) is 2.83. The quantitative estimate of drug-likeness (QED) is 0.178. The number of nitrogens with one attached hydrogen (secondary N) is 1. The number of hydrazone groups is 1. The number of hydrogen-bond acceptors (Lipinski definition) is 5. The summed E-state index contributed by atoms with van der Waals surface area (Å²) in [5, 5.41) is 4.80. The summed E-state index contributed by atoms with van der Waals surface area (Å²) in [4.78, 5) is 12.7. The number of benzene rings is 3. The third-order valence-electron chi connectivity index (χ3n) is 4.67. The standard InChI is InChI=1S/C26H25Br2ClN2O4/c1-3-11-34-23-10-7-18(13-24(23)33-4-2)26(32)31-30-15-19-12-20(27)14-22(28)25(19)35-16-17-5-8-21(29)9-6-17/h5-10,12-15H,3-4,11,16H2,1-2H3,(H,31,32)/b30-15+. The van der Waals surface area contributed by atoms with Crippen LogP contribution in [0.15, 0.2) is 68.6 Å². The summed E-state index contributed by atoms with van der Waals surface area (Å²) in [5.74, 6) is 1.35. The highest BCUT2D eigenvalue weighted by molar-refractivity contribution is 9.11. The predicted molar refractivity (Wildman–Crippen MR) is 146 cm³/mol. The van der Waals surface area contributed by atoms with Crippen LogP contribution in [0.2, 0.25) is 5.02 Å². The first-order valence-corrected chi connectivity index (χ1v) is 13.0. The Morgan fingerprint density at radius 3 is 2.49 bits per heavy atom. The molecule has 3 aromatic carbocycles. The molecule has 0 aliphatic heterocycles. The van der Waals surface area contributed by atoms with Gasteiger partial charge in [0.2, 0.25) is 0 Å². The second-order valence-electron chi connectivity index (χ2n) is 7.36. The van der Waals surface area contributed by atoms with Gasteiger partial charge in [0.1, 0.15) is 12.4 Å². The second-order valence-corrected chi connectivity index (χ2v) is 9.57. The van der Waals surface area contributed by atoms with E-state index in [1.807, 2.05) is 50.2 Å². The number of nitrogens with zero attached hydrogens (tertiary/aromatic N) is 1. The van der Waals surface area contributed by atoms with Crippen molar-refractivity contribution < 1.29 is 19.0 Å². The average molecular weight is 625 g/mol. The fraction of sp³-hybridized carbons (Fsp3) is 0.231. The van der Waals surface area contributed by atoms with E-state index in [1.54, 1.807) is 18.2 Å². The van der Waals surface area contributed by atoms with Gasteiger partial charge < -0.3 is 14.2 Å². The molecule has 0 atom stereocenters. The van der Waals surface area contributed by atoms with Crippen molar-refractivity contribution in [1.29, 1.82) is 0 Å². The molecule has 0 radical (unpaired) electrons. The lowest BCUT2D eigenvalue weighted by Gasteiger charge is -2.13. The van der Waals surface area contributed by atoms with Crippen molar-refractivity contribution in [2.24, 2.45) is 5.10 Å². The smallest absolute Gasteiger partial charge is 0.271 e. The molecule has 1 N–H and O–H groups in total. The normalized spacial score (nSPS) is 10.9. The van der Waals surface area contributed by atoms with Gasteiger partial charge in [-0.25, -0.2) is 5.43 Å². The lowest BCUT2D eigenvalue weighted by molar-refractivity contribution is 0.0954. The van der Waals surface area contributed by atoms with Crippen molar-refractivity contribution in [3.05, 3.63) is 85.3 Å². The Hall–Kier alpha value is -2.55. The van der Waals surface area contributed by atoms with E-state index < -0.39 is 0 Å². The molecule has 9 heteroatoms. The van der Waals surface area contributed by atoms with Gasteiger partial charge in [-0.05, 0) is 77.3 Å². The van der Waals surface area contributed by atoms with Crippen molar-refractivity contribution in [3.63, 3.8) is 0 Å². The van der Waals surface area contributed by atoms with Gasteiger partial charge in [0, 0.05) is 20.6 Å². The molecule has 35 heavy (non-hydrogen) atoms. The fourth-order valence-electron chi connectivity index (χ4n) is 3.04. The number of rotatable bonds is 11. The Balaban J connectivity index is 1.73. The molecule has 3 rings (SSSR count). The van der Waals surface area contributed by atoms with Crippen molar-refractivity contribution in [2.45, 2.75) is 26.9 Å². The summed E-state index contributed by atoms with van der Waals surface area (Å²) in [5.41, 5.74) is 4.61. The van der Waals surface area contributed by atoms with Gasteiger partial charge in [0.25, 0.3) is 5.91 Å². The first-order valence-electron chi connectivity index (χ1n) is 11.0. The second kappa shape index (κ2) is 13.5.